The third-order valence-corrected chi connectivity index (χ3v) is 9.15. The second kappa shape index (κ2) is 20.9. The SMILES string of the molecule is CC(C)C[C@H](NC(=O)[C@@H](N)Cc1ccc(OP(=O)(O)O)cc1)C(=O)N1CCC[C@H]1C(=O)N[C@@H](CCC(N)=O)C(=O)N[C@H](C(=O)N[C@H](C(=O)O)C(C)C)[C@@H](C)O. The number of amides is 6. The number of phosphoric ester groups is 1. The van der Waals surface area contributed by atoms with Crippen molar-refractivity contribution in [2.75, 3.05) is 6.54 Å². The molecule has 7 atom stereocenters. The van der Waals surface area contributed by atoms with E-state index in [2.05, 4.69) is 25.8 Å². The summed E-state index contributed by atoms with van der Waals surface area (Å²) >= 11 is 0. The highest BCUT2D eigenvalue weighted by molar-refractivity contribution is 7.46. The first-order chi connectivity index (χ1) is 25.5. The Morgan fingerprint density at radius 2 is 1.49 bits per heavy atom. The van der Waals surface area contributed by atoms with Gasteiger partial charge in [0.1, 0.15) is 36.0 Å². The average Bonchev–Trinajstić information content (AvgIpc) is 3.56. The van der Waals surface area contributed by atoms with Gasteiger partial charge in [0.2, 0.25) is 35.4 Å². The van der Waals surface area contributed by atoms with Gasteiger partial charge < -0.3 is 52.4 Å². The molecule has 2 rings (SSSR count). The summed E-state index contributed by atoms with van der Waals surface area (Å²) in [5.74, 6) is -6.84. The number of rotatable bonds is 21. The molecule has 308 valence electrons. The molecule has 6 amide bonds. The van der Waals surface area contributed by atoms with E-state index in [9.17, 15) is 48.3 Å². The maximum absolute atomic E-state index is 13.9. The summed E-state index contributed by atoms with van der Waals surface area (Å²) in [5, 5.41) is 29.6. The van der Waals surface area contributed by atoms with Crippen LogP contribution in [0.15, 0.2) is 24.3 Å². The average molecular weight is 800 g/mol. The molecule has 0 bridgehead atoms. The van der Waals surface area contributed by atoms with Crippen LogP contribution in [0.4, 0.5) is 0 Å². The number of nitrogens with zero attached hydrogens (tertiary/aromatic N) is 1. The van der Waals surface area contributed by atoms with Crippen LogP contribution in [-0.2, 0) is 44.5 Å². The Balaban J connectivity index is 2.21. The highest BCUT2D eigenvalue weighted by Gasteiger charge is 2.40. The Morgan fingerprint density at radius 3 is 2.00 bits per heavy atom. The molecule has 12 N–H and O–H groups in total. The van der Waals surface area contributed by atoms with Crippen LogP contribution in [-0.4, -0.2) is 115 Å². The van der Waals surface area contributed by atoms with Crippen molar-refractivity contribution >= 4 is 49.2 Å². The van der Waals surface area contributed by atoms with E-state index in [1.807, 2.05) is 13.8 Å². The molecule has 21 heteroatoms. The number of aliphatic carboxylic acids is 1. The van der Waals surface area contributed by atoms with Crippen molar-refractivity contribution in [1.82, 2.24) is 26.2 Å². The van der Waals surface area contributed by atoms with Gasteiger partial charge in [-0.2, -0.15) is 0 Å². The number of carbonyl (C=O) groups excluding carboxylic acids is 6. The van der Waals surface area contributed by atoms with Crippen LogP contribution < -0.4 is 37.3 Å². The van der Waals surface area contributed by atoms with Crippen molar-refractivity contribution < 1.29 is 62.7 Å². The van der Waals surface area contributed by atoms with E-state index >= 15 is 0 Å². The molecule has 0 aliphatic carbocycles. The standard InChI is InChI=1S/C34H54N7O13P/c1-17(2)15-24(38-29(44)22(35)16-20-8-10-21(11-9-20)54-55(51,52)53)33(48)41-14-6-7-25(41)31(46)37-23(12-13-26(36)43)30(45)40-28(19(5)42)32(47)39-27(18(3)4)34(49)50/h8-11,17-19,22-25,27-28,42H,6-7,12-16,35H2,1-5H3,(H2,36,43)(H,37,46)(H,38,44)(H,39,47)(H,40,45)(H,49,50)(H2,51,52,53)/t19-,22+,23+,24+,25+,27+,28+/m1/s1. The molecule has 0 saturated carbocycles. The fourth-order valence-corrected chi connectivity index (χ4v) is 6.28. The summed E-state index contributed by atoms with van der Waals surface area (Å²) in [6.07, 6.45) is -1.40. The molecule has 0 spiro atoms. The number of carboxylic acid groups (broad SMARTS) is 1. The maximum atomic E-state index is 13.9. The fourth-order valence-electron chi connectivity index (χ4n) is 5.88. The van der Waals surface area contributed by atoms with E-state index in [1.165, 1.54) is 36.1 Å². The third kappa shape index (κ3) is 15.2. The lowest BCUT2D eigenvalue weighted by atomic mass is 10.0. The number of aliphatic hydroxyl groups is 1. The van der Waals surface area contributed by atoms with Gasteiger partial charge in [0.15, 0.2) is 0 Å². The fraction of sp³-hybridized carbons (Fsp3) is 0.618. The van der Waals surface area contributed by atoms with Crippen molar-refractivity contribution in [3.63, 3.8) is 0 Å². The Hall–Kier alpha value is -4.62. The zero-order chi connectivity index (χ0) is 41.8. The number of likely N-dealkylation sites (tertiary alicyclic amines) is 1. The molecule has 1 aliphatic heterocycles. The molecule has 1 aromatic carbocycles. The largest absolute Gasteiger partial charge is 0.524 e. The topological polar surface area (TPSA) is 330 Å². The number of hydrogen-bond acceptors (Lipinski definition) is 11. The van der Waals surface area contributed by atoms with Crippen LogP contribution in [0.2, 0.25) is 0 Å². The smallest absolute Gasteiger partial charge is 0.480 e. The van der Waals surface area contributed by atoms with Crippen LogP contribution >= 0.6 is 7.82 Å². The van der Waals surface area contributed by atoms with Crippen molar-refractivity contribution in [3.05, 3.63) is 29.8 Å². The van der Waals surface area contributed by atoms with E-state index < -0.39 is 97.5 Å². The van der Waals surface area contributed by atoms with Crippen LogP contribution in [0.3, 0.4) is 0 Å². The molecule has 0 aromatic heterocycles. The lowest BCUT2D eigenvalue weighted by molar-refractivity contribution is -0.144. The summed E-state index contributed by atoms with van der Waals surface area (Å²) < 4.78 is 15.6. The first-order valence-electron chi connectivity index (χ1n) is 17.8. The minimum absolute atomic E-state index is 0.00353. The van der Waals surface area contributed by atoms with Gasteiger partial charge in [-0.1, -0.05) is 39.8 Å². The highest BCUT2D eigenvalue weighted by atomic mass is 31.2. The predicted molar refractivity (Wildman–Crippen MR) is 195 cm³/mol. The quantitative estimate of drug-likeness (QED) is 0.0626. The number of primary amides is 1. The number of nitrogens with one attached hydrogen (secondary N) is 4. The Bertz CT molecular complexity index is 1580. The molecule has 1 aromatic rings. The van der Waals surface area contributed by atoms with E-state index in [-0.39, 0.29) is 50.3 Å². The van der Waals surface area contributed by atoms with Gasteiger partial charge in [0.05, 0.1) is 12.1 Å². The minimum Gasteiger partial charge on any atom is -0.480 e. The molecule has 1 aliphatic rings. The summed E-state index contributed by atoms with van der Waals surface area (Å²) in [6, 6.07) is -2.21. The zero-order valence-corrected chi connectivity index (χ0v) is 32.4. The number of hydrogen-bond donors (Lipinski definition) is 10. The van der Waals surface area contributed by atoms with Crippen molar-refractivity contribution in [2.45, 2.75) is 115 Å². The second-order valence-corrected chi connectivity index (χ2v) is 15.4. The number of phosphoric acid groups is 1. The van der Waals surface area contributed by atoms with Crippen LogP contribution in [0, 0.1) is 11.8 Å². The van der Waals surface area contributed by atoms with E-state index in [1.54, 1.807) is 13.8 Å². The number of benzene rings is 1. The third-order valence-electron chi connectivity index (χ3n) is 8.71. The van der Waals surface area contributed by atoms with Gasteiger partial charge in [-0.15, -0.1) is 0 Å². The number of carbonyl (C=O) groups is 7. The van der Waals surface area contributed by atoms with E-state index in [0.717, 1.165) is 0 Å². The lowest BCUT2D eigenvalue weighted by Crippen LogP contribution is -2.61. The molecule has 1 fully saturated rings. The second-order valence-electron chi connectivity index (χ2n) is 14.3. The molecule has 0 unspecified atom stereocenters. The zero-order valence-electron chi connectivity index (χ0n) is 31.5. The number of nitrogens with two attached hydrogens (primary N) is 2. The summed E-state index contributed by atoms with van der Waals surface area (Å²) in [4.78, 5) is 110. The van der Waals surface area contributed by atoms with Crippen LogP contribution in [0.25, 0.3) is 0 Å². The van der Waals surface area contributed by atoms with Crippen molar-refractivity contribution in [3.8, 4) is 5.75 Å². The molecular formula is C34H54N7O13P. The van der Waals surface area contributed by atoms with E-state index in [4.69, 9.17) is 21.3 Å². The first-order valence-corrected chi connectivity index (χ1v) is 19.3. The van der Waals surface area contributed by atoms with Gasteiger partial charge >= 0.3 is 13.8 Å². The van der Waals surface area contributed by atoms with Crippen LogP contribution in [0.1, 0.15) is 72.3 Å². The number of aliphatic hydroxyl groups excluding tert-OH is 1. The monoisotopic (exact) mass is 799 g/mol. The highest BCUT2D eigenvalue weighted by Crippen LogP contribution is 2.37. The molecule has 55 heavy (non-hydrogen) atoms. The van der Waals surface area contributed by atoms with Crippen LogP contribution in [0.5, 0.6) is 5.75 Å². The Labute approximate surface area is 318 Å². The molecule has 1 heterocycles. The van der Waals surface area contributed by atoms with Gasteiger partial charge in [-0.25, -0.2) is 9.36 Å². The molecule has 20 nitrogen and oxygen atoms in total. The first kappa shape index (κ1) is 46.5. The van der Waals surface area contributed by atoms with Gasteiger partial charge in [0, 0.05) is 13.0 Å². The maximum Gasteiger partial charge on any atom is 0.524 e. The normalized spacial score (nSPS) is 17.7. The Morgan fingerprint density at radius 1 is 0.891 bits per heavy atom. The lowest BCUT2D eigenvalue weighted by Gasteiger charge is -2.31. The van der Waals surface area contributed by atoms with Gasteiger partial charge in [-0.05, 0) is 68.6 Å². The Kier molecular flexibility index (Phi) is 17.7. The van der Waals surface area contributed by atoms with Gasteiger partial charge in [-0.3, -0.25) is 38.6 Å². The summed E-state index contributed by atoms with van der Waals surface area (Å²) in [5.41, 5.74) is 12.0. The molecule has 1 saturated heterocycles. The molecular weight excluding hydrogens is 745 g/mol. The summed E-state index contributed by atoms with van der Waals surface area (Å²) in [6.45, 7) is 8.09. The molecule has 0 radical (unpaired) electrons. The number of carboxylic acids is 1. The predicted octanol–water partition coefficient (Wildman–Crippen LogP) is -1.61. The van der Waals surface area contributed by atoms with Crippen molar-refractivity contribution in [1.29, 1.82) is 0 Å². The van der Waals surface area contributed by atoms with Gasteiger partial charge in [0.25, 0.3) is 0 Å². The van der Waals surface area contributed by atoms with E-state index in [0.29, 0.717) is 12.0 Å². The summed E-state index contributed by atoms with van der Waals surface area (Å²) in [7, 11) is -4.76. The minimum atomic E-state index is -4.76. The van der Waals surface area contributed by atoms with Crippen molar-refractivity contribution in [2.24, 2.45) is 23.3 Å².